The zero-order chi connectivity index (χ0) is 14.2. The van der Waals surface area contributed by atoms with Crippen LogP contribution in [0.2, 0.25) is 0 Å². The molecular formula is C11H7Br2F3N2S. The normalized spacial score (nSPS) is 12.7. The van der Waals surface area contributed by atoms with E-state index in [1.807, 2.05) is 0 Å². The van der Waals surface area contributed by atoms with Gasteiger partial charge >= 0.3 is 0 Å². The highest BCUT2D eigenvalue weighted by molar-refractivity contribution is 9.13. The van der Waals surface area contributed by atoms with Crippen LogP contribution in [0.1, 0.15) is 16.5 Å². The number of nitrogens with two attached hydrogens (primary N) is 1. The van der Waals surface area contributed by atoms with Crippen molar-refractivity contribution in [2.45, 2.75) is 6.04 Å². The number of benzene rings is 1. The molecule has 3 N–H and O–H groups in total. The molecule has 1 unspecified atom stereocenters. The van der Waals surface area contributed by atoms with Crippen LogP contribution in [0.5, 0.6) is 0 Å². The van der Waals surface area contributed by atoms with Gasteiger partial charge in [0.25, 0.3) is 0 Å². The Morgan fingerprint density at radius 1 is 1.16 bits per heavy atom. The van der Waals surface area contributed by atoms with Crippen LogP contribution in [0, 0.1) is 17.5 Å². The van der Waals surface area contributed by atoms with Crippen molar-refractivity contribution in [2.24, 2.45) is 5.84 Å². The number of hydrazine groups is 1. The first-order chi connectivity index (χ1) is 8.95. The summed E-state index contributed by atoms with van der Waals surface area (Å²) in [7, 11) is 0. The lowest BCUT2D eigenvalue weighted by Crippen LogP contribution is -2.29. The minimum absolute atomic E-state index is 0.0531. The van der Waals surface area contributed by atoms with Crippen molar-refractivity contribution in [2.75, 3.05) is 0 Å². The Morgan fingerprint density at radius 2 is 1.84 bits per heavy atom. The Bertz CT molecular complexity index is 599. The van der Waals surface area contributed by atoms with Crippen molar-refractivity contribution in [1.29, 1.82) is 0 Å². The summed E-state index contributed by atoms with van der Waals surface area (Å²) in [5.41, 5.74) is 2.35. The maximum Gasteiger partial charge on any atom is 0.194 e. The minimum atomic E-state index is -1.51. The van der Waals surface area contributed by atoms with Crippen molar-refractivity contribution in [3.63, 3.8) is 0 Å². The molecule has 2 nitrogen and oxygen atoms in total. The zero-order valence-electron chi connectivity index (χ0n) is 9.18. The SMILES string of the molecule is NNC(c1cc(Br)c(Br)s1)c1ccc(F)c(F)c1F. The number of thiophene rings is 1. The van der Waals surface area contributed by atoms with E-state index in [0.717, 1.165) is 14.3 Å². The second kappa shape index (κ2) is 5.92. The average molecular weight is 416 g/mol. The van der Waals surface area contributed by atoms with Crippen LogP contribution in [-0.4, -0.2) is 0 Å². The van der Waals surface area contributed by atoms with Crippen molar-refractivity contribution in [3.8, 4) is 0 Å². The third-order valence-electron chi connectivity index (χ3n) is 2.49. The number of hydrogen-bond acceptors (Lipinski definition) is 3. The van der Waals surface area contributed by atoms with Gasteiger partial charge in [-0.1, -0.05) is 6.07 Å². The van der Waals surface area contributed by atoms with Crippen LogP contribution in [0.3, 0.4) is 0 Å². The van der Waals surface area contributed by atoms with E-state index in [4.69, 9.17) is 5.84 Å². The molecule has 0 radical (unpaired) electrons. The highest BCUT2D eigenvalue weighted by Gasteiger charge is 2.23. The summed E-state index contributed by atoms with van der Waals surface area (Å²) < 4.78 is 41.5. The second-order valence-corrected chi connectivity index (χ2v) is 6.89. The molecule has 8 heteroatoms. The Morgan fingerprint density at radius 3 is 2.37 bits per heavy atom. The Kier molecular flexibility index (Phi) is 4.67. The molecule has 102 valence electrons. The number of nitrogens with one attached hydrogen (secondary N) is 1. The maximum atomic E-state index is 13.8. The predicted octanol–water partition coefficient (Wildman–Crippen LogP) is 4.24. The number of halogens is 5. The molecular weight excluding hydrogens is 409 g/mol. The van der Waals surface area contributed by atoms with Gasteiger partial charge in [-0.3, -0.25) is 5.84 Å². The zero-order valence-corrected chi connectivity index (χ0v) is 13.2. The molecule has 0 bridgehead atoms. The topological polar surface area (TPSA) is 38.0 Å². The molecule has 1 atom stereocenters. The van der Waals surface area contributed by atoms with Crippen LogP contribution >= 0.6 is 43.2 Å². The van der Waals surface area contributed by atoms with Gasteiger partial charge in [0.15, 0.2) is 17.5 Å². The summed E-state index contributed by atoms with van der Waals surface area (Å²) in [6, 6.07) is 3.00. The van der Waals surface area contributed by atoms with Crippen LogP contribution in [-0.2, 0) is 0 Å². The minimum Gasteiger partial charge on any atom is -0.271 e. The summed E-state index contributed by atoms with van der Waals surface area (Å²) in [5, 5.41) is 0. The molecule has 0 spiro atoms. The Balaban J connectivity index is 2.51. The van der Waals surface area contributed by atoms with Crippen molar-refractivity contribution < 1.29 is 13.2 Å². The smallest absolute Gasteiger partial charge is 0.194 e. The lowest BCUT2D eigenvalue weighted by molar-refractivity contribution is 0.434. The van der Waals surface area contributed by atoms with E-state index in [-0.39, 0.29) is 5.56 Å². The van der Waals surface area contributed by atoms with Gasteiger partial charge < -0.3 is 0 Å². The first-order valence-corrected chi connectivity index (χ1v) is 7.40. The lowest BCUT2D eigenvalue weighted by Gasteiger charge is -2.15. The van der Waals surface area contributed by atoms with Gasteiger partial charge in [-0.15, -0.1) is 11.3 Å². The standard InChI is InChI=1S/C11H7Br2F3N2S/c12-5-3-7(19-11(5)13)10(18-17)4-1-2-6(14)9(16)8(4)15/h1-3,10,18H,17H2. The molecule has 0 aliphatic heterocycles. The fourth-order valence-corrected chi connectivity index (χ4v) is 3.76. The quantitative estimate of drug-likeness (QED) is 0.447. The third kappa shape index (κ3) is 2.87. The van der Waals surface area contributed by atoms with E-state index in [0.29, 0.717) is 4.88 Å². The van der Waals surface area contributed by atoms with Gasteiger partial charge in [0, 0.05) is 14.9 Å². The molecule has 0 saturated heterocycles. The highest BCUT2D eigenvalue weighted by Crippen LogP contribution is 2.38. The van der Waals surface area contributed by atoms with Gasteiger partial charge in [0.05, 0.1) is 9.83 Å². The Labute approximate surface area is 128 Å². The molecule has 0 aliphatic carbocycles. The molecule has 0 aliphatic rings. The summed E-state index contributed by atoms with van der Waals surface area (Å²) in [4.78, 5) is 0.658. The van der Waals surface area contributed by atoms with E-state index in [1.165, 1.54) is 17.4 Å². The van der Waals surface area contributed by atoms with Crippen LogP contribution in [0.4, 0.5) is 13.2 Å². The van der Waals surface area contributed by atoms with Crippen LogP contribution in [0.25, 0.3) is 0 Å². The van der Waals surface area contributed by atoms with Crippen molar-refractivity contribution >= 4 is 43.2 Å². The summed E-state index contributed by atoms with van der Waals surface area (Å²) in [5.74, 6) is 1.41. The lowest BCUT2D eigenvalue weighted by atomic mass is 10.0. The predicted molar refractivity (Wildman–Crippen MR) is 75.2 cm³/mol. The van der Waals surface area contributed by atoms with Gasteiger partial charge in [-0.25, -0.2) is 18.6 Å². The molecule has 0 fully saturated rings. The van der Waals surface area contributed by atoms with Crippen LogP contribution < -0.4 is 11.3 Å². The fourth-order valence-electron chi connectivity index (χ4n) is 1.59. The molecule has 19 heavy (non-hydrogen) atoms. The van der Waals surface area contributed by atoms with Gasteiger partial charge in [-0.2, -0.15) is 0 Å². The summed E-state index contributed by atoms with van der Waals surface area (Å²) >= 11 is 7.91. The number of hydrogen-bond donors (Lipinski definition) is 2. The van der Waals surface area contributed by atoms with Crippen molar-refractivity contribution in [3.05, 3.63) is 54.4 Å². The molecule has 2 rings (SSSR count). The molecule has 1 aromatic carbocycles. The molecule has 1 heterocycles. The van der Waals surface area contributed by atoms with E-state index >= 15 is 0 Å². The average Bonchev–Trinajstić information content (AvgIpc) is 2.70. The second-order valence-electron chi connectivity index (χ2n) is 3.63. The molecule has 1 aromatic heterocycles. The van der Waals surface area contributed by atoms with E-state index < -0.39 is 23.5 Å². The largest absolute Gasteiger partial charge is 0.271 e. The van der Waals surface area contributed by atoms with E-state index in [1.54, 1.807) is 6.07 Å². The molecule has 0 amide bonds. The number of rotatable bonds is 3. The summed E-state index contributed by atoms with van der Waals surface area (Å²) in [6.07, 6.45) is 0. The fraction of sp³-hybridized carbons (Fsp3) is 0.0909. The maximum absolute atomic E-state index is 13.8. The highest BCUT2D eigenvalue weighted by atomic mass is 79.9. The Hall–Kier alpha value is -0.410. The third-order valence-corrected chi connectivity index (χ3v) is 5.81. The van der Waals surface area contributed by atoms with Crippen molar-refractivity contribution in [1.82, 2.24) is 5.43 Å². The van der Waals surface area contributed by atoms with E-state index in [2.05, 4.69) is 37.3 Å². The van der Waals surface area contributed by atoms with Gasteiger partial charge in [-0.05, 0) is 44.0 Å². The molecule has 2 aromatic rings. The first kappa shape index (κ1) is 15.0. The summed E-state index contributed by atoms with van der Waals surface area (Å²) in [6.45, 7) is 0. The van der Waals surface area contributed by atoms with Gasteiger partial charge in [0.2, 0.25) is 0 Å². The monoisotopic (exact) mass is 414 g/mol. The van der Waals surface area contributed by atoms with E-state index in [9.17, 15) is 13.2 Å². The van der Waals surface area contributed by atoms with Gasteiger partial charge in [0.1, 0.15) is 0 Å². The first-order valence-electron chi connectivity index (χ1n) is 5.00. The van der Waals surface area contributed by atoms with Crippen LogP contribution in [0.15, 0.2) is 26.5 Å². The molecule has 0 saturated carbocycles.